The molecule has 1 aromatic heterocycles. The standard InChI is InChI=1S/C9H11N2/c1-2-5-10-7-8-11-6-3-4-9(10)11/h1,7-8H,3-6H2/q+1. The van der Waals surface area contributed by atoms with Gasteiger partial charge in [0.15, 0.2) is 6.54 Å². The molecule has 0 amide bonds. The van der Waals surface area contributed by atoms with E-state index in [1.807, 2.05) is 0 Å². The van der Waals surface area contributed by atoms with E-state index in [2.05, 4.69) is 27.4 Å². The first kappa shape index (κ1) is 6.48. The van der Waals surface area contributed by atoms with Crippen molar-refractivity contribution in [1.29, 1.82) is 0 Å². The number of terminal acetylenes is 1. The lowest BCUT2D eigenvalue weighted by atomic mass is 10.3. The van der Waals surface area contributed by atoms with Crippen molar-refractivity contribution in [2.45, 2.75) is 25.9 Å². The summed E-state index contributed by atoms with van der Waals surface area (Å²) in [5.41, 5.74) is 0. The molecule has 0 saturated carbocycles. The maximum Gasteiger partial charge on any atom is 0.257 e. The third-order valence-electron chi connectivity index (χ3n) is 2.15. The molecular weight excluding hydrogens is 136 g/mol. The minimum absolute atomic E-state index is 0.711. The lowest BCUT2D eigenvalue weighted by molar-refractivity contribution is -0.690. The van der Waals surface area contributed by atoms with E-state index in [0.29, 0.717) is 6.54 Å². The Morgan fingerprint density at radius 3 is 3.45 bits per heavy atom. The van der Waals surface area contributed by atoms with E-state index in [9.17, 15) is 0 Å². The number of aromatic nitrogens is 2. The van der Waals surface area contributed by atoms with Crippen LogP contribution in [0, 0.1) is 12.3 Å². The van der Waals surface area contributed by atoms with E-state index in [4.69, 9.17) is 6.42 Å². The van der Waals surface area contributed by atoms with E-state index < -0.39 is 0 Å². The highest BCUT2D eigenvalue weighted by molar-refractivity contribution is 4.93. The van der Waals surface area contributed by atoms with Crippen LogP contribution in [0.3, 0.4) is 0 Å². The molecule has 1 aliphatic heterocycles. The molecule has 0 unspecified atom stereocenters. The average Bonchev–Trinajstić information content (AvgIpc) is 2.53. The lowest BCUT2D eigenvalue weighted by Gasteiger charge is -1.90. The number of hydrogen-bond acceptors (Lipinski definition) is 0. The van der Waals surface area contributed by atoms with E-state index in [1.54, 1.807) is 0 Å². The molecule has 0 atom stereocenters. The zero-order valence-electron chi connectivity index (χ0n) is 6.45. The highest BCUT2D eigenvalue weighted by atomic mass is 15.2. The Bertz CT molecular complexity index is 304. The summed E-state index contributed by atoms with van der Waals surface area (Å²) in [7, 11) is 0. The van der Waals surface area contributed by atoms with Gasteiger partial charge >= 0.3 is 0 Å². The molecule has 0 N–H and O–H groups in total. The third-order valence-corrected chi connectivity index (χ3v) is 2.15. The second-order valence-electron chi connectivity index (χ2n) is 2.84. The fraction of sp³-hybridized carbons (Fsp3) is 0.444. The van der Waals surface area contributed by atoms with Crippen LogP contribution in [0.5, 0.6) is 0 Å². The molecule has 2 heterocycles. The number of aryl methyl sites for hydroxylation is 1. The molecule has 0 radical (unpaired) electrons. The van der Waals surface area contributed by atoms with Gasteiger partial charge < -0.3 is 0 Å². The van der Waals surface area contributed by atoms with Crippen LogP contribution in [-0.2, 0) is 19.5 Å². The van der Waals surface area contributed by atoms with Gasteiger partial charge in [-0.3, -0.25) is 0 Å². The van der Waals surface area contributed by atoms with Gasteiger partial charge in [0, 0.05) is 0 Å². The third kappa shape index (κ3) is 0.932. The van der Waals surface area contributed by atoms with Crippen molar-refractivity contribution in [2.75, 3.05) is 0 Å². The smallest absolute Gasteiger partial charge is 0.234 e. The van der Waals surface area contributed by atoms with Gasteiger partial charge in [0.2, 0.25) is 0 Å². The summed E-state index contributed by atoms with van der Waals surface area (Å²) in [6, 6.07) is 0. The molecule has 0 saturated heterocycles. The Morgan fingerprint density at radius 2 is 2.64 bits per heavy atom. The van der Waals surface area contributed by atoms with Crippen molar-refractivity contribution in [3.63, 3.8) is 0 Å². The van der Waals surface area contributed by atoms with E-state index in [1.165, 1.54) is 18.7 Å². The van der Waals surface area contributed by atoms with Crippen molar-refractivity contribution in [1.82, 2.24) is 4.57 Å². The first-order valence-electron chi connectivity index (χ1n) is 3.93. The monoisotopic (exact) mass is 147 g/mol. The van der Waals surface area contributed by atoms with Crippen LogP contribution >= 0.6 is 0 Å². The van der Waals surface area contributed by atoms with Gasteiger partial charge in [-0.05, 0) is 6.42 Å². The predicted octanol–water partition coefficient (Wildman–Crippen LogP) is 0.355. The average molecular weight is 147 g/mol. The number of hydrogen-bond donors (Lipinski definition) is 0. The molecule has 0 fully saturated rings. The summed E-state index contributed by atoms with van der Waals surface area (Å²) in [5, 5.41) is 0. The second kappa shape index (κ2) is 2.43. The predicted molar refractivity (Wildman–Crippen MR) is 41.8 cm³/mol. The zero-order valence-corrected chi connectivity index (χ0v) is 6.45. The second-order valence-corrected chi connectivity index (χ2v) is 2.84. The van der Waals surface area contributed by atoms with Gasteiger partial charge in [-0.25, -0.2) is 9.13 Å². The molecule has 0 bridgehead atoms. The molecule has 1 aromatic rings. The largest absolute Gasteiger partial charge is 0.257 e. The van der Waals surface area contributed by atoms with Gasteiger partial charge in [0.05, 0.1) is 13.0 Å². The van der Waals surface area contributed by atoms with E-state index >= 15 is 0 Å². The van der Waals surface area contributed by atoms with Crippen molar-refractivity contribution in [2.24, 2.45) is 0 Å². The maximum absolute atomic E-state index is 5.23. The minimum atomic E-state index is 0.711. The summed E-state index contributed by atoms with van der Waals surface area (Å²) in [6.45, 7) is 1.87. The number of imidazole rings is 1. The Balaban J connectivity index is 2.36. The van der Waals surface area contributed by atoms with Gasteiger partial charge in [-0.1, -0.05) is 5.92 Å². The van der Waals surface area contributed by atoms with Gasteiger partial charge in [0.1, 0.15) is 12.4 Å². The number of nitrogens with zero attached hydrogens (tertiary/aromatic N) is 2. The molecule has 2 nitrogen and oxygen atoms in total. The van der Waals surface area contributed by atoms with Crippen LogP contribution in [0.15, 0.2) is 12.4 Å². The minimum Gasteiger partial charge on any atom is -0.234 e. The first-order valence-corrected chi connectivity index (χ1v) is 3.93. The molecule has 0 aliphatic carbocycles. The Morgan fingerprint density at radius 1 is 1.73 bits per heavy atom. The summed E-state index contributed by atoms with van der Waals surface area (Å²) in [4.78, 5) is 0. The fourth-order valence-corrected chi connectivity index (χ4v) is 1.64. The molecule has 2 rings (SSSR count). The molecular formula is C9H11N2+. The Kier molecular flexibility index (Phi) is 1.43. The van der Waals surface area contributed by atoms with Crippen LogP contribution < -0.4 is 4.57 Å². The lowest BCUT2D eigenvalue weighted by Crippen LogP contribution is -2.30. The van der Waals surface area contributed by atoms with Crippen LogP contribution in [0.1, 0.15) is 12.2 Å². The summed E-state index contributed by atoms with van der Waals surface area (Å²) >= 11 is 0. The van der Waals surface area contributed by atoms with Crippen molar-refractivity contribution in [3.05, 3.63) is 18.2 Å². The normalized spacial score (nSPS) is 14.5. The van der Waals surface area contributed by atoms with Crippen LogP contribution in [0.25, 0.3) is 0 Å². The van der Waals surface area contributed by atoms with Crippen molar-refractivity contribution < 1.29 is 4.57 Å². The van der Waals surface area contributed by atoms with Gasteiger partial charge in [-0.2, -0.15) is 0 Å². The van der Waals surface area contributed by atoms with Gasteiger partial charge in [0.25, 0.3) is 5.82 Å². The fourth-order valence-electron chi connectivity index (χ4n) is 1.64. The number of fused-ring (bicyclic) bond motifs is 1. The molecule has 0 spiro atoms. The van der Waals surface area contributed by atoms with Gasteiger partial charge in [-0.15, -0.1) is 6.42 Å². The first-order chi connectivity index (χ1) is 5.42. The summed E-state index contributed by atoms with van der Waals surface area (Å²) < 4.78 is 4.42. The summed E-state index contributed by atoms with van der Waals surface area (Å²) in [5.74, 6) is 4.03. The van der Waals surface area contributed by atoms with Crippen LogP contribution in [0.2, 0.25) is 0 Å². The molecule has 1 aliphatic rings. The molecule has 11 heavy (non-hydrogen) atoms. The van der Waals surface area contributed by atoms with E-state index in [0.717, 1.165) is 6.54 Å². The van der Waals surface area contributed by atoms with E-state index in [-0.39, 0.29) is 0 Å². The molecule has 56 valence electrons. The van der Waals surface area contributed by atoms with Crippen molar-refractivity contribution in [3.8, 4) is 12.3 Å². The van der Waals surface area contributed by atoms with Crippen LogP contribution in [-0.4, -0.2) is 4.57 Å². The zero-order chi connectivity index (χ0) is 7.68. The molecule has 0 aromatic carbocycles. The quantitative estimate of drug-likeness (QED) is 0.400. The molecule has 2 heteroatoms. The SMILES string of the molecule is C#CCn1cc[n+]2c1CCC2. The number of rotatable bonds is 1. The Hall–Kier alpha value is -1.23. The summed E-state index contributed by atoms with van der Waals surface area (Å²) in [6.07, 6.45) is 11.8. The topological polar surface area (TPSA) is 8.81 Å². The highest BCUT2D eigenvalue weighted by Crippen LogP contribution is 2.06. The van der Waals surface area contributed by atoms with Crippen molar-refractivity contribution >= 4 is 0 Å². The Labute approximate surface area is 66.5 Å². The maximum atomic E-state index is 5.23. The van der Waals surface area contributed by atoms with Crippen LogP contribution in [0.4, 0.5) is 0 Å². The highest BCUT2D eigenvalue weighted by Gasteiger charge is 2.21.